The van der Waals surface area contributed by atoms with Crippen molar-refractivity contribution < 1.29 is 14.3 Å². The second-order valence-electron chi connectivity index (χ2n) is 3.86. The van der Waals surface area contributed by atoms with Crippen LogP contribution in [0.2, 0.25) is 5.02 Å². The van der Waals surface area contributed by atoms with Crippen LogP contribution in [-0.2, 0) is 18.4 Å². The highest BCUT2D eigenvalue weighted by molar-refractivity contribution is 6.32. The van der Waals surface area contributed by atoms with Gasteiger partial charge in [-0.15, -0.1) is 0 Å². The van der Waals surface area contributed by atoms with Crippen molar-refractivity contribution in [3.8, 4) is 5.75 Å². The highest BCUT2D eigenvalue weighted by atomic mass is 35.5. The van der Waals surface area contributed by atoms with Crippen molar-refractivity contribution in [2.75, 3.05) is 7.11 Å². The van der Waals surface area contributed by atoms with Gasteiger partial charge in [0.15, 0.2) is 5.69 Å². The lowest BCUT2D eigenvalue weighted by Gasteiger charge is -2.07. The third kappa shape index (κ3) is 3.06. The van der Waals surface area contributed by atoms with Crippen LogP contribution in [0.4, 0.5) is 0 Å². The minimum Gasteiger partial charge on any atom is -0.486 e. The Labute approximate surface area is 115 Å². The molecule has 0 aliphatic rings. The summed E-state index contributed by atoms with van der Waals surface area (Å²) < 4.78 is 11.8. The number of aromatic nitrogens is 2. The van der Waals surface area contributed by atoms with Crippen LogP contribution in [0.3, 0.4) is 0 Å². The summed E-state index contributed by atoms with van der Waals surface area (Å²) >= 11 is 5.99. The summed E-state index contributed by atoms with van der Waals surface area (Å²) in [5, 5.41) is 4.58. The van der Waals surface area contributed by atoms with Crippen molar-refractivity contribution in [2.24, 2.45) is 7.05 Å². The molecule has 0 aliphatic carbocycles. The van der Waals surface area contributed by atoms with E-state index in [1.807, 2.05) is 12.1 Å². The van der Waals surface area contributed by atoms with Crippen molar-refractivity contribution in [2.45, 2.75) is 6.61 Å². The Morgan fingerprint density at radius 1 is 1.42 bits per heavy atom. The Kier molecular flexibility index (Phi) is 4.06. The third-order valence-electron chi connectivity index (χ3n) is 2.58. The smallest absolute Gasteiger partial charge is 0.358 e. The predicted molar refractivity (Wildman–Crippen MR) is 70.3 cm³/mol. The van der Waals surface area contributed by atoms with Gasteiger partial charge in [-0.1, -0.05) is 23.7 Å². The lowest BCUT2D eigenvalue weighted by molar-refractivity contribution is 0.0593. The molecule has 0 unspecified atom stereocenters. The first kappa shape index (κ1) is 13.4. The Hall–Kier alpha value is -2.01. The zero-order valence-corrected chi connectivity index (χ0v) is 11.3. The van der Waals surface area contributed by atoms with Gasteiger partial charge in [-0.25, -0.2) is 4.79 Å². The topological polar surface area (TPSA) is 53.4 Å². The van der Waals surface area contributed by atoms with Crippen LogP contribution < -0.4 is 4.74 Å². The number of aryl methyl sites for hydroxylation is 1. The molecule has 6 heteroatoms. The fourth-order valence-corrected chi connectivity index (χ4v) is 1.75. The fourth-order valence-electron chi connectivity index (χ4n) is 1.56. The van der Waals surface area contributed by atoms with Gasteiger partial charge < -0.3 is 9.47 Å². The van der Waals surface area contributed by atoms with Crippen LogP contribution in [0, 0.1) is 0 Å². The number of hydrogen-bond donors (Lipinski definition) is 0. The van der Waals surface area contributed by atoms with E-state index in [0.29, 0.717) is 10.8 Å². The molecule has 0 spiro atoms. The number of ether oxygens (including phenoxy) is 2. The fraction of sp³-hybridized carbons (Fsp3) is 0.231. The van der Waals surface area contributed by atoms with E-state index in [1.54, 1.807) is 29.9 Å². The first-order chi connectivity index (χ1) is 9.11. The van der Waals surface area contributed by atoms with E-state index in [-0.39, 0.29) is 12.3 Å². The first-order valence-electron chi connectivity index (χ1n) is 5.60. The van der Waals surface area contributed by atoms with E-state index < -0.39 is 5.97 Å². The standard InChI is InChI=1S/C13H13ClN2O3/c1-16-9(7-11(15-16)13(17)18-2)8-19-12-6-4-3-5-10(12)14/h3-7H,8H2,1-2H3. The van der Waals surface area contributed by atoms with Crippen molar-refractivity contribution in [3.63, 3.8) is 0 Å². The average Bonchev–Trinajstić information content (AvgIpc) is 2.78. The number of para-hydroxylation sites is 1. The molecule has 0 N–H and O–H groups in total. The molecule has 1 aromatic carbocycles. The number of halogens is 1. The SMILES string of the molecule is COC(=O)c1cc(COc2ccccc2Cl)n(C)n1. The molecule has 0 fully saturated rings. The minimum atomic E-state index is -0.473. The van der Waals surface area contributed by atoms with Crippen LogP contribution in [-0.4, -0.2) is 22.9 Å². The molecular formula is C13H13ClN2O3. The van der Waals surface area contributed by atoms with Gasteiger partial charge >= 0.3 is 5.97 Å². The molecule has 1 heterocycles. The number of nitrogens with zero attached hydrogens (tertiary/aromatic N) is 2. The van der Waals surface area contributed by atoms with Crippen LogP contribution >= 0.6 is 11.6 Å². The molecule has 0 atom stereocenters. The van der Waals surface area contributed by atoms with E-state index >= 15 is 0 Å². The average molecular weight is 281 g/mol. The number of esters is 1. The molecule has 0 saturated heterocycles. The van der Waals surface area contributed by atoms with E-state index in [0.717, 1.165) is 5.69 Å². The van der Waals surface area contributed by atoms with Gasteiger partial charge in [-0.2, -0.15) is 5.10 Å². The maximum absolute atomic E-state index is 11.3. The largest absolute Gasteiger partial charge is 0.486 e. The predicted octanol–water partition coefficient (Wildman–Crippen LogP) is 2.44. The number of rotatable bonds is 4. The molecule has 5 nitrogen and oxygen atoms in total. The van der Waals surface area contributed by atoms with Gasteiger partial charge in [-0.05, 0) is 18.2 Å². The summed E-state index contributed by atoms with van der Waals surface area (Å²) in [6.45, 7) is 0.268. The second kappa shape index (κ2) is 5.75. The second-order valence-corrected chi connectivity index (χ2v) is 4.26. The maximum atomic E-state index is 11.3. The Morgan fingerprint density at radius 2 is 2.16 bits per heavy atom. The molecule has 0 amide bonds. The maximum Gasteiger partial charge on any atom is 0.358 e. The zero-order valence-electron chi connectivity index (χ0n) is 10.6. The normalized spacial score (nSPS) is 10.3. The van der Waals surface area contributed by atoms with Crippen LogP contribution in [0.1, 0.15) is 16.2 Å². The van der Waals surface area contributed by atoms with Gasteiger partial charge in [0.1, 0.15) is 12.4 Å². The summed E-state index contributed by atoms with van der Waals surface area (Å²) in [6, 6.07) is 8.82. The van der Waals surface area contributed by atoms with Gasteiger partial charge in [-0.3, -0.25) is 4.68 Å². The number of carbonyl (C=O) groups excluding carboxylic acids is 1. The lowest BCUT2D eigenvalue weighted by Crippen LogP contribution is -2.04. The zero-order chi connectivity index (χ0) is 13.8. The number of benzene rings is 1. The molecule has 1 aromatic heterocycles. The molecule has 2 aromatic rings. The van der Waals surface area contributed by atoms with Gasteiger partial charge in [0.25, 0.3) is 0 Å². The molecule has 2 rings (SSSR count). The van der Waals surface area contributed by atoms with E-state index in [1.165, 1.54) is 7.11 Å². The molecule has 19 heavy (non-hydrogen) atoms. The molecular weight excluding hydrogens is 268 g/mol. The van der Waals surface area contributed by atoms with E-state index in [4.69, 9.17) is 16.3 Å². The number of methoxy groups -OCH3 is 1. The monoisotopic (exact) mass is 280 g/mol. The summed E-state index contributed by atoms with van der Waals surface area (Å²) in [5.74, 6) is 0.115. The Morgan fingerprint density at radius 3 is 2.84 bits per heavy atom. The van der Waals surface area contributed by atoms with Crippen molar-refractivity contribution in [3.05, 3.63) is 46.7 Å². The van der Waals surface area contributed by atoms with Gasteiger partial charge in [0.05, 0.1) is 17.8 Å². The van der Waals surface area contributed by atoms with E-state index in [2.05, 4.69) is 9.84 Å². The highest BCUT2D eigenvalue weighted by Crippen LogP contribution is 2.24. The van der Waals surface area contributed by atoms with Crippen LogP contribution in [0.5, 0.6) is 5.75 Å². The summed E-state index contributed by atoms with van der Waals surface area (Å²) in [7, 11) is 3.05. The minimum absolute atomic E-state index is 0.253. The lowest BCUT2D eigenvalue weighted by atomic mass is 10.3. The Balaban J connectivity index is 2.10. The molecule has 0 radical (unpaired) electrons. The summed E-state index contributed by atoms with van der Waals surface area (Å²) in [4.78, 5) is 11.3. The molecule has 0 bridgehead atoms. The number of hydrogen-bond acceptors (Lipinski definition) is 4. The van der Waals surface area contributed by atoms with Gasteiger partial charge in [0.2, 0.25) is 0 Å². The quantitative estimate of drug-likeness (QED) is 0.807. The van der Waals surface area contributed by atoms with Crippen LogP contribution in [0.15, 0.2) is 30.3 Å². The van der Waals surface area contributed by atoms with Crippen molar-refractivity contribution >= 4 is 17.6 Å². The molecule has 0 aliphatic heterocycles. The molecule has 0 saturated carbocycles. The van der Waals surface area contributed by atoms with Crippen LogP contribution in [0.25, 0.3) is 0 Å². The van der Waals surface area contributed by atoms with Gasteiger partial charge in [0, 0.05) is 7.05 Å². The van der Waals surface area contributed by atoms with Crippen molar-refractivity contribution in [1.82, 2.24) is 9.78 Å². The summed E-state index contributed by atoms with van der Waals surface area (Å²) in [5.41, 5.74) is 1.00. The Bertz CT molecular complexity index is 595. The van der Waals surface area contributed by atoms with Crippen molar-refractivity contribution in [1.29, 1.82) is 0 Å². The summed E-state index contributed by atoms with van der Waals surface area (Å²) in [6.07, 6.45) is 0. The third-order valence-corrected chi connectivity index (χ3v) is 2.90. The van der Waals surface area contributed by atoms with E-state index in [9.17, 15) is 4.79 Å². The first-order valence-corrected chi connectivity index (χ1v) is 5.98. The number of carbonyl (C=O) groups is 1. The highest BCUT2D eigenvalue weighted by Gasteiger charge is 2.13. The molecule has 100 valence electrons.